The van der Waals surface area contributed by atoms with Crippen molar-refractivity contribution >= 4 is 11.6 Å². The molecule has 6 atom stereocenters. The van der Waals surface area contributed by atoms with Crippen molar-refractivity contribution in [1.82, 2.24) is 4.90 Å². The summed E-state index contributed by atoms with van der Waals surface area (Å²) in [5.41, 5.74) is 4.38. The average Bonchev–Trinajstić information content (AvgIpc) is 3.85. The molecule has 66 heavy (non-hydrogen) atoms. The number of unbranched alkanes of at least 4 members (excludes halogenated alkanes) is 2. The number of ether oxygens (including phenoxy) is 4. The van der Waals surface area contributed by atoms with Gasteiger partial charge in [0.2, 0.25) is 11.7 Å². The predicted molar refractivity (Wildman–Crippen MR) is 259 cm³/mol. The highest BCUT2D eigenvalue weighted by molar-refractivity contribution is 6.03. The maximum atomic E-state index is 15.0. The number of carbonyl (C=O) groups excluding carboxylic acids is 1. The maximum absolute atomic E-state index is 15.0. The first-order valence-corrected chi connectivity index (χ1v) is 24.7. The minimum absolute atomic E-state index is 0.00904. The van der Waals surface area contributed by atoms with Gasteiger partial charge in [-0.05, 0) is 118 Å². The number of amides is 1. The Balaban J connectivity index is 1.39. The number of allylic oxidation sites excluding steroid dienone is 1. The van der Waals surface area contributed by atoms with Crippen molar-refractivity contribution in [3.63, 3.8) is 0 Å². The third kappa shape index (κ3) is 11.9. The summed E-state index contributed by atoms with van der Waals surface area (Å²) in [5, 5.41) is 34.7. The van der Waals surface area contributed by atoms with Crippen molar-refractivity contribution in [2.45, 2.75) is 128 Å². The highest BCUT2D eigenvalue weighted by atomic mass is 16.7. The Hall–Kier alpha value is -4.52. The van der Waals surface area contributed by atoms with Gasteiger partial charge in [-0.3, -0.25) is 4.79 Å². The molecule has 3 aromatic carbocycles. The van der Waals surface area contributed by atoms with Gasteiger partial charge in [0.15, 0.2) is 0 Å². The van der Waals surface area contributed by atoms with E-state index in [1.165, 1.54) is 12.8 Å². The molecular weight excluding hydrogens is 833 g/mol. The number of aliphatic hydroxyl groups is 3. The third-order valence-electron chi connectivity index (χ3n) is 13.9. The summed E-state index contributed by atoms with van der Waals surface area (Å²) >= 11 is 0. The van der Waals surface area contributed by atoms with Gasteiger partial charge in [-0.15, -0.1) is 6.58 Å². The van der Waals surface area contributed by atoms with Crippen LogP contribution in [0.1, 0.15) is 116 Å². The molecule has 0 radical (unpaired) electrons. The molecule has 2 fully saturated rings. The van der Waals surface area contributed by atoms with E-state index in [0.717, 1.165) is 72.9 Å². The van der Waals surface area contributed by atoms with Crippen molar-refractivity contribution in [2.24, 2.45) is 28.8 Å². The molecule has 1 amide bonds. The van der Waals surface area contributed by atoms with Crippen LogP contribution in [0.5, 0.6) is 17.2 Å². The number of hydrogen-bond acceptors (Lipinski definition) is 10. The van der Waals surface area contributed by atoms with E-state index in [-0.39, 0.29) is 69.8 Å². The quantitative estimate of drug-likeness (QED) is 0.0455. The van der Waals surface area contributed by atoms with Gasteiger partial charge in [0.05, 0.1) is 38.1 Å². The number of nitrogens with zero attached hydrogens (tertiary/aromatic N) is 2. The van der Waals surface area contributed by atoms with Crippen LogP contribution in [0.4, 0.5) is 0 Å². The molecular formula is C55H74N2O9. The van der Waals surface area contributed by atoms with Crippen LogP contribution >= 0.6 is 0 Å². The zero-order valence-electron chi connectivity index (χ0n) is 39.6. The second-order valence-electron chi connectivity index (χ2n) is 19.6. The summed E-state index contributed by atoms with van der Waals surface area (Å²) in [5.74, 6) is 0.739. The fraction of sp³-hybridized carbons (Fsp3) is 0.564. The number of fused-ring (bicyclic) bond motifs is 2. The van der Waals surface area contributed by atoms with Gasteiger partial charge < -0.3 is 44.0 Å². The molecule has 11 nitrogen and oxygen atoms in total. The lowest BCUT2D eigenvalue weighted by molar-refractivity contribution is -0.258. The largest absolute Gasteiger partial charge is 0.459 e. The Labute approximate surface area is 392 Å². The number of carbonyl (C=O) groups is 1. The van der Waals surface area contributed by atoms with Crippen LogP contribution in [0.2, 0.25) is 0 Å². The van der Waals surface area contributed by atoms with Crippen LogP contribution in [-0.4, -0.2) is 95.5 Å². The van der Waals surface area contributed by atoms with Gasteiger partial charge in [0.25, 0.3) is 0 Å². The van der Waals surface area contributed by atoms with E-state index in [1.807, 2.05) is 68.1 Å². The molecule has 0 aromatic heterocycles. The second kappa shape index (κ2) is 23.5. The maximum Gasteiger partial charge on any atom is 0.239 e. The Morgan fingerprint density at radius 2 is 1.59 bits per heavy atom. The number of hydrogen-bond donors (Lipinski definition) is 3. The van der Waals surface area contributed by atoms with Crippen LogP contribution in [-0.2, 0) is 19.1 Å². The van der Waals surface area contributed by atoms with Crippen LogP contribution in [0.3, 0.4) is 0 Å². The monoisotopic (exact) mass is 907 g/mol. The molecule has 0 bridgehead atoms. The Kier molecular flexibility index (Phi) is 17.6. The van der Waals surface area contributed by atoms with Gasteiger partial charge in [-0.1, -0.05) is 98.3 Å². The SMILES string of the molecule is C=CCO[C@@]12Oc3ccc(Oc4ccc(-c5ccccc5)cc4)cc3[C@H]3[C@H](CCCCO)[C@@H](CCCCO)C=C(C(=NOC(C)(C)C)C[C@@H]1N(CCOCCO)C(=O)CCC1CCCC1)[C@H]32. The lowest BCUT2D eigenvalue weighted by atomic mass is 9.55. The summed E-state index contributed by atoms with van der Waals surface area (Å²) < 4.78 is 27.2. The molecule has 7 rings (SSSR count). The lowest BCUT2D eigenvalue weighted by Gasteiger charge is -2.60. The zero-order valence-corrected chi connectivity index (χ0v) is 39.6. The first-order chi connectivity index (χ1) is 32.1. The van der Waals surface area contributed by atoms with Crippen LogP contribution in [0.25, 0.3) is 11.1 Å². The molecule has 0 saturated heterocycles. The molecule has 0 unspecified atom stereocenters. The van der Waals surface area contributed by atoms with Gasteiger partial charge in [0, 0.05) is 44.1 Å². The lowest BCUT2D eigenvalue weighted by Crippen LogP contribution is -2.70. The van der Waals surface area contributed by atoms with Crippen LogP contribution < -0.4 is 9.47 Å². The predicted octanol–water partition coefficient (Wildman–Crippen LogP) is 10.4. The van der Waals surface area contributed by atoms with E-state index in [9.17, 15) is 20.1 Å². The number of oxime groups is 1. The first kappa shape index (κ1) is 49.4. The van der Waals surface area contributed by atoms with E-state index in [2.05, 4.69) is 43.0 Å². The van der Waals surface area contributed by atoms with E-state index in [1.54, 1.807) is 6.08 Å². The molecule has 2 saturated carbocycles. The molecule has 1 aliphatic heterocycles. The summed E-state index contributed by atoms with van der Waals surface area (Å²) in [4.78, 5) is 23.2. The van der Waals surface area contributed by atoms with Gasteiger partial charge in [0.1, 0.15) is 28.9 Å². The molecule has 0 spiro atoms. The van der Waals surface area contributed by atoms with Crippen molar-refractivity contribution in [3.05, 3.63) is 103 Å². The summed E-state index contributed by atoms with van der Waals surface area (Å²) in [6.45, 7) is 11.0. The smallest absolute Gasteiger partial charge is 0.239 e. The highest BCUT2D eigenvalue weighted by Crippen LogP contribution is 2.62. The van der Waals surface area contributed by atoms with Crippen molar-refractivity contribution in [3.8, 4) is 28.4 Å². The third-order valence-corrected chi connectivity index (χ3v) is 13.9. The zero-order chi connectivity index (χ0) is 46.5. The Morgan fingerprint density at radius 1 is 0.879 bits per heavy atom. The molecule has 11 heteroatoms. The molecule has 4 aliphatic rings. The average molecular weight is 907 g/mol. The van der Waals surface area contributed by atoms with E-state index in [0.29, 0.717) is 48.8 Å². The van der Waals surface area contributed by atoms with E-state index in [4.69, 9.17) is 28.9 Å². The topological polar surface area (TPSA) is 140 Å². The molecule has 1 heterocycles. The molecule has 3 aromatic rings. The minimum Gasteiger partial charge on any atom is -0.459 e. The molecule has 358 valence electrons. The van der Waals surface area contributed by atoms with E-state index < -0.39 is 23.3 Å². The highest BCUT2D eigenvalue weighted by Gasteiger charge is 2.65. The number of aliphatic hydroxyl groups excluding tert-OH is 3. The molecule has 3 N–H and O–H groups in total. The summed E-state index contributed by atoms with van der Waals surface area (Å²) in [7, 11) is 0. The number of rotatable bonds is 24. The van der Waals surface area contributed by atoms with Crippen molar-refractivity contribution < 1.29 is 43.9 Å². The summed E-state index contributed by atoms with van der Waals surface area (Å²) in [6, 6.07) is 23.8. The van der Waals surface area contributed by atoms with Crippen molar-refractivity contribution in [1.29, 1.82) is 0 Å². The minimum atomic E-state index is -1.38. The standard InChI is InChI=1S/C55H74N2O9/c1-5-33-63-55-50(57(29-34-62-35-32-60)51(61)28-21-39-15-9-10-16-39)38-48(56-66-54(2,3)4)46-36-42(19-11-13-30-58)45(20-12-14-31-59)52(53(46)55)47-37-44(26-27-49(47)65-55)64-43-24-22-41(23-25-43)40-17-7-6-8-18-40/h5-8,17-18,22-27,36-37,39,42,45,50,52-53,58-60H,1,9-16,19-21,28-35,38H2,2-4H3/t42-,45+,50-,52+,53+,55+/m0/s1. The fourth-order valence-corrected chi connectivity index (χ4v) is 10.9. The van der Waals surface area contributed by atoms with Crippen LogP contribution in [0.15, 0.2) is 102 Å². The van der Waals surface area contributed by atoms with Crippen LogP contribution in [0, 0.1) is 23.7 Å². The van der Waals surface area contributed by atoms with Crippen molar-refractivity contribution in [2.75, 3.05) is 46.2 Å². The Morgan fingerprint density at radius 3 is 2.29 bits per heavy atom. The number of benzene rings is 3. The van der Waals surface area contributed by atoms with E-state index >= 15 is 0 Å². The first-order valence-electron chi connectivity index (χ1n) is 24.7. The second-order valence-corrected chi connectivity index (χ2v) is 19.6. The fourth-order valence-electron chi connectivity index (χ4n) is 10.9. The normalized spacial score (nSPS) is 24.2. The molecule has 3 aliphatic carbocycles. The van der Waals surface area contributed by atoms with Gasteiger partial charge in [-0.25, -0.2) is 0 Å². The Bertz CT molecular complexity index is 2080. The van der Waals surface area contributed by atoms with Gasteiger partial charge >= 0.3 is 0 Å². The van der Waals surface area contributed by atoms with Gasteiger partial charge in [-0.2, -0.15) is 0 Å². The summed E-state index contributed by atoms with van der Waals surface area (Å²) in [6.07, 6.45) is 15.0.